The highest BCUT2D eigenvalue weighted by molar-refractivity contribution is 5.18. The predicted molar refractivity (Wildman–Crippen MR) is 254 cm³/mol. The zero-order valence-electron chi connectivity index (χ0n) is 38.2. The van der Waals surface area contributed by atoms with E-state index in [9.17, 15) is 5.53 Å². The molecule has 0 bridgehead atoms. The van der Waals surface area contributed by atoms with Gasteiger partial charge in [-0.1, -0.05) is 187 Å². The Hall–Kier alpha value is -5.77. The van der Waals surface area contributed by atoms with Crippen molar-refractivity contribution in [3.8, 4) is 0 Å². The first-order valence-corrected chi connectivity index (χ1v) is 23.0. The Labute approximate surface area is 398 Å². The third kappa shape index (κ3) is 13.9. The van der Waals surface area contributed by atoms with Crippen LogP contribution in [0.4, 0.5) is 0 Å². The SMILES string of the molecule is CO[C@H]1O[C@H](COCc2ccccc2)[C@@H](OC2O[C@H](COCc3ccccc3)[C@H](OCc3ccccc3)[C@H](OCc3ccccc3)[C@H]2N=[N+]=[N-])[C@H](OCc2ccccc2)[C@H]1OCc1ccccc1. The summed E-state index contributed by atoms with van der Waals surface area (Å²) in [7, 11) is 1.58. The Balaban J connectivity index is 1.16. The Morgan fingerprint density at radius 1 is 0.412 bits per heavy atom. The van der Waals surface area contributed by atoms with E-state index in [1.165, 1.54) is 0 Å². The molecule has 6 aromatic carbocycles. The summed E-state index contributed by atoms with van der Waals surface area (Å²) in [4.78, 5) is 3.35. The highest BCUT2D eigenvalue weighted by Crippen LogP contribution is 2.36. The fourth-order valence-corrected chi connectivity index (χ4v) is 8.40. The Bertz CT molecular complexity index is 2370. The van der Waals surface area contributed by atoms with Crippen LogP contribution in [0.3, 0.4) is 0 Å². The molecule has 6 aromatic rings. The summed E-state index contributed by atoms with van der Waals surface area (Å²) in [5.41, 5.74) is 16.1. The van der Waals surface area contributed by atoms with E-state index >= 15 is 0 Å². The molecule has 1 unspecified atom stereocenters. The number of nitrogens with zero attached hydrogens (tertiary/aromatic N) is 3. The maximum atomic E-state index is 10.3. The predicted octanol–water partition coefficient (Wildman–Crippen LogP) is 9.92. The van der Waals surface area contributed by atoms with Gasteiger partial charge in [0.1, 0.15) is 48.8 Å². The summed E-state index contributed by atoms with van der Waals surface area (Å²) in [5.74, 6) is 0. The maximum absolute atomic E-state index is 10.3. The van der Waals surface area contributed by atoms with Crippen LogP contribution in [0.2, 0.25) is 0 Å². The molecule has 0 saturated carbocycles. The van der Waals surface area contributed by atoms with Crippen LogP contribution < -0.4 is 0 Å². The van der Waals surface area contributed by atoms with E-state index in [4.69, 9.17) is 47.4 Å². The second kappa shape index (κ2) is 26.1. The molecule has 2 aliphatic rings. The van der Waals surface area contributed by atoms with Gasteiger partial charge in [-0.3, -0.25) is 0 Å². The van der Waals surface area contributed by atoms with E-state index in [0.717, 1.165) is 33.4 Å². The van der Waals surface area contributed by atoms with E-state index in [0.29, 0.717) is 13.2 Å². The van der Waals surface area contributed by atoms with Crippen molar-refractivity contribution in [3.63, 3.8) is 0 Å². The number of benzene rings is 6. The van der Waals surface area contributed by atoms with Crippen molar-refractivity contribution in [2.75, 3.05) is 20.3 Å². The lowest BCUT2D eigenvalue weighted by Crippen LogP contribution is -2.65. The quantitative estimate of drug-likeness (QED) is 0.0327. The van der Waals surface area contributed by atoms with Crippen molar-refractivity contribution in [1.29, 1.82) is 0 Å². The van der Waals surface area contributed by atoms with Crippen molar-refractivity contribution in [2.45, 2.75) is 101 Å². The molecule has 0 amide bonds. The van der Waals surface area contributed by atoms with E-state index in [-0.39, 0.29) is 39.6 Å². The number of methoxy groups -OCH3 is 1. The number of rotatable bonds is 24. The van der Waals surface area contributed by atoms with Crippen molar-refractivity contribution >= 4 is 0 Å². The smallest absolute Gasteiger partial charge is 0.186 e. The minimum absolute atomic E-state index is 0.0787. The van der Waals surface area contributed by atoms with Crippen LogP contribution >= 0.6 is 0 Å². The molecule has 2 aliphatic heterocycles. The number of hydrogen-bond acceptors (Lipinski definition) is 11. The van der Waals surface area contributed by atoms with Crippen LogP contribution in [0.1, 0.15) is 33.4 Å². The molecule has 13 heteroatoms. The lowest BCUT2D eigenvalue weighted by Gasteiger charge is -2.49. The van der Waals surface area contributed by atoms with Crippen LogP contribution in [0.5, 0.6) is 0 Å². The average molecular weight is 922 g/mol. The second-order valence-electron chi connectivity index (χ2n) is 16.7. The zero-order chi connectivity index (χ0) is 46.6. The summed E-state index contributed by atoms with van der Waals surface area (Å²) in [6, 6.07) is 58.1. The molecule has 0 aliphatic carbocycles. The molecule has 68 heavy (non-hydrogen) atoms. The van der Waals surface area contributed by atoms with Crippen molar-refractivity contribution in [2.24, 2.45) is 5.11 Å². The van der Waals surface area contributed by atoms with Crippen molar-refractivity contribution in [1.82, 2.24) is 0 Å². The molecule has 10 atom stereocenters. The lowest BCUT2D eigenvalue weighted by atomic mass is 9.95. The number of azide groups is 1. The van der Waals surface area contributed by atoms with Crippen LogP contribution in [-0.2, 0) is 87.0 Å². The number of ether oxygens (including phenoxy) is 10. The van der Waals surface area contributed by atoms with Gasteiger partial charge in [-0.15, -0.1) is 0 Å². The minimum Gasteiger partial charge on any atom is -0.374 e. The summed E-state index contributed by atoms with van der Waals surface area (Å²) in [6.07, 6.45) is -7.90. The van der Waals surface area contributed by atoms with Gasteiger partial charge in [-0.2, -0.15) is 0 Å². The standard InChI is InChI=1S/C55H59N3O10/c1-59-55-53(65-37-45-30-18-7-19-31-45)52(64-36-44-28-16-6-17-29-44)50(47(67-55)39-61-33-41-22-10-3-11-23-41)68-54-48(57-58-56)51(63-35-43-26-14-5-15-27-43)49(62-34-42-24-12-4-13-25-42)46(66-54)38-60-32-40-20-8-2-9-21-40/h2-31,46-55H,32-39H2,1H3/t46-,47-,48-,49+,50-,51-,52+,53-,54?,55+/m1/s1. The molecule has 13 nitrogen and oxygen atoms in total. The van der Waals surface area contributed by atoms with Gasteiger partial charge >= 0.3 is 0 Å². The molecule has 0 aromatic heterocycles. The van der Waals surface area contributed by atoms with E-state index in [1.54, 1.807) is 7.11 Å². The molecule has 0 spiro atoms. The van der Waals surface area contributed by atoms with Gasteiger partial charge in [0.25, 0.3) is 0 Å². The molecule has 354 valence electrons. The molecule has 8 rings (SSSR count). The van der Waals surface area contributed by atoms with E-state index in [1.807, 2.05) is 182 Å². The highest BCUT2D eigenvalue weighted by atomic mass is 16.8. The summed E-state index contributed by atoms with van der Waals surface area (Å²) >= 11 is 0. The molecule has 2 saturated heterocycles. The molecular formula is C55H59N3O10. The number of hydrogen-bond donors (Lipinski definition) is 0. The average Bonchev–Trinajstić information content (AvgIpc) is 3.39. The van der Waals surface area contributed by atoms with Gasteiger partial charge in [-0.05, 0) is 38.9 Å². The van der Waals surface area contributed by atoms with Gasteiger partial charge in [0.2, 0.25) is 0 Å². The maximum Gasteiger partial charge on any atom is 0.186 e. The monoisotopic (exact) mass is 921 g/mol. The largest absolute Gasteiger partial charge is 0.374 e. The second-order valence-corrected chi connectivity index (χ2v) is 16.7. The third-order valence-electron chi connectivity index (χ3n) is 11.8. The lowest BCUT2D eigenvalue weighted by molar-refractivity contribution is -0.358. The normalized spacial score (nSPS) is 24.8. The molecule has 0 radical (unpaired) electrons. The Morgan fingerprint density at radius 2 is 0.750 bits per heavy atom. The Morgan fingerprint density at radius 3 is 1.15 bits per heavy atom. The fourth-order valence-electron chi connectivity index (χ4n) is 8.40. The summed E-state index contributed by atoms with van der Waals surface area (Å²) < 4.78 is 67.1. The van der Waals surface area contributed by atoms with Crippen molar-refractivity contribution in [3.05, 3.63) is 226 Å². The van der Waals surface area contributed by atoms with Crippen molar-refractivity contribution < 1.29 is 47.4 Å². The highest BCUT2D eigenvalue weighted by Gasteiger charge is 2.54. The Kier molecular flexibility index (Phi) is 18.7. The topological polar surface area (TPSA) is 141 Å². The van der Waals surface area contributed by atoms with Gasteiger partial charge in [-0.25, -0.2) is 0 Å². The fraction of sp³-hybridized carbons (Fsp3) is 0.345. The van der Waals surface area contributed by atoms with Gasteiger partial charge in [0.05, 0.1) is 52.9 Å². The zero-order valence-corrected chi connectivity index (χ0v) is 38.2. The molecule has 0 N–H and O–H groups in total. The van der Waals surface area contributed by atoms with E-state index < -0.39 is 61.3 Å². The van der Waals surface area contributed by atoms with E-state index in [2.05, 4.69) is 10.0 Å². The summed E-state index contributed by atoms with van der Waals surface area (Å²) in [6.45, 7) is 1.67. The van der Waals surface area contributed by atoms with Gasteiger partial charge in [0.15, 0.2) is 12.6 Å². The van der Waals surface area contributed by atoms with Gasteiger partial charge < -0.3 is 47.4 Å². The molecule has 2 heterocycles. The third-order valence-corrected chi connectivity index (χ3v) is 11.8. The van der Waals surface area contributed by atoms with Crippen LogP contribution in [-0.4, -0.2) is 81.7 Å². The first-order chi connectivity index (χ1) is 33.6. The van der Waals surface area contributed by atoms with Gasteiger partial charge in [0, 0.05) is 12.0 Å². The summed E-state index contributed by atoms with van der Waals surface area (Å²) in [5, 5.41) is 4.38. The van der Waals surface area contributed by atoms with Crippen LogP contribution in [0.15, 0.2) is 187 Å². The molecular weight excluding hydrogens is 863 g/mol. The first-order valence-electron chi connectivity index (χ1n) is 23.0. The van der Waals surface area contributed by atoms with Crippen LogP contribution in [0.25, 0.3) is 10.4 Å². The first kappa shape index (κ1) is 48.7. The van der Waals surface area contributed by atoms with Crippen LogP contribution in [0, 0.1) is 0 Å². The minimum atomic E-state index is -1.23. The molecule has 2 fully saturated rings.